The molecule has 0 saturated carbocycles. The molecule has 0 aliphatic carbocycles. The number of rotatable bonds is 6. The first-order chi connectivity index (χ1) is 17.2. The van der Waals surface area contributed by atoms with Crippen LogP contribution in [0.3, 0.4) is 0 Å². The number of amides is 2. The van der Waals surface area contributed by atoms with Crippen molar-refractivity contribution in [3.8, 4) is 17.2 Å². The highest BCUT2D eigenvalue weighted by Crippen LogP contribution is 2.34. The van der Waals surface area contributed by atoms with E-state index in [0.29, 0.717) is 49.2 Å². The second-order valence-electron chi connectivity index (χ2n) is 8.35. The number of fused-ring (bicyclic) bond motifs is 1. The normalized spacial score (nSPS) is 17.2. The number of benzene rings is 3. The van der Waals surface area contributed by atoms with Crippen LogP contribution in [0.1, 0.15) is 0 Å². The lowest BCUT2D eigenvalue weighted by molar-refractivity contribution is -0.142. The molecule has 1 N–H and O–H groups in total. The van der Waals surface area contributed by atoms with Gasteiger partial charge in [0.2, 0.25) is 5.91 Å². The van der Waals surface area contributed by atoms with Crippen LogP contribution in [-0.2, 0) is 14.3 Å². The summed E-state index contributed by atoms with van der Waals surface area (Å²) in [4.78, 5) is 29.9. The van der Waals surface area contributed by atoms with Gasteiger partial charge in [-0.3, -0.25) is 9.59 Å². The first-order valence-corrected chi connectivity index (χ1v) is 11.7. The molecule has 0 bridgehead atoms. The molecule has 3 aromatic rings. The minimum absolute atomic E-state index is 0.0624. The minimum Gasteiger partial charge on any atom is -0.477 e. The Kier molecular flexibility index (Phi) is 6.81. The van der Waals surface area contributed by atoms with Crippen LogP contribution >= 0.6 is 0 Å². The molecule has 8 nitrogen and oxygen atoms in total. The number of carbonyl (C=O) groups excluding carboxylic acids is 2. The average Bonchev–Trinajstić information content (AvgIpc) is 2.90. The third-order valence-electron chi connectivity index (χ3n) is 5.93. The van der Waals surface area contributed by atoms with Crippen molar-refractivity contribution in [1.82, 2.24) is 4.90 Å². The van der Waals surface area contributed by atoms with E-state index in [-0.39, 0.29) is 24.9 Å². The third kappa shape index (κ3) is 5.38. The van der Waals surface area contributed by atoms with Gasteiger partial charge in [-0.05, 0) is 36.4 Å². The zero-order valence-electron chi connectivity index (χ0n) is 19.3. The van der Waals surface area contributed by atoms with E-state index < -0.39 is 6.10 Å². The molecule has 3 aromatic carbocycles. The average molecular weight is 474 g/mol. The molecule has 35 heavy (non-hydrogen) atoms. The molecule has 0 radical (unpaired) electrons. The van der Waals surface area contributed by atoms with Gasteiger partial charge in [0, 0.05) is 13.1 Å². The molecule has 1 fully saturated rings. The maximum absolute atomic E-state index is 13.1. The highest BCUT2D eigenvalue weighted by Gasteiger charge is 2.34. The predicted molar refractivity (Wildman–Crippen MR) is 132 cm³/mol. The minimum atomic E-state index is -0.690. The Hall–Kier alpha value is -4.04. The Balaban J connectivity index is 1.30. The maximum atomic E-state index is 13.1. The van der Waals surface area contributed by atoms with Gasteiger partial charge in [0.05, 0.1) is 37.7 Å². The lowest BCUT2D eigenvalue weighted by Gasteiger charge is -2.38. The number of carbonyl (C=O) groups is 2. The fourth-order valence-electron chi connectivity index (χ4n) is 4.21. The lowest BCUT2D eigenvalue weighted by atomic mass is 10.1. The number of hydrogen-bond donors (Lipinski definition) is 1. The highest BCUT2D eigenvalue weighted by molar-refractivity contribution is 5.96. The molecule has 0 aromatic heterocycles. The van der Waals surface area contributed by atoms with Crippen molar-refractivity contribution in [2.45, 2.75) is 6.10 Å². The molecule has 180 valence electrons. The van der Waals surface area contributed by atoms with E-state index in [0.717, 1.165) is 5.69 Å². The fourth-order valence-corrected chi connectivity index (χ4v) is 4.21. The standard InChI is InChI=1S/C27H27N3O5/c31-26(28-21-10-4-6-12-23(21)34-20-8-2-1-3-9-20)19-30-18-25(27(32)29-14-16-33-17-15-29)35-24-13-7-5-11-22(24)30/h1-13,25H,14-19H2,(H,28,31). The summed E-state index contributed by atoms with van der Waals surface area (Å²) in [6.45, 7) is 2.46. The summed E-state index contributed by atoms with van der Waals surface area (Å²) in [5.41, 5.74) is 1.35. The molecule has 1 unspecified atom stereocenters. The third-order valence-corrected chi connectivity index (χ3v) is 5.93. The van der Waals surface area contributed by atoms with Gasteiger partial charge in [0.25, 0.3) is 5.91 Å². The molecule has 5 rings (SSSR count). The van der Waals surface area contributed by atoms with Crippen LogP contribution in [0.15, 0.2) is 78.9 Å². The fraction of sp³-hybridized carbons (Fsp3) is 0.259. The van der Waals surface area contributed by atoms with Crippen molar-refractivity contribution in [3.63, 3.8) is 0 Å². The number of ether oxygens (including phenoxy) is 3. The van der Waals surface area contributed by atoms with Crippen molar-refractivity contribution < 1.29 is 23.8 Å². The summed E-state index contributed by atoms with van der Waals surface area (Å²) in [7, 11) is 0. The van der Waals surface area contributed by atoms with E-state index in [1.807, 2.05) is 77.7 Å². The van der Waals surface area contributed by atoms with Crippen LogP contribution in [0.2, 0.25) is 0 Å². The van der Waals surface area contributed by atoms with Crippen LogP contribution in [0.4, 0.5) is 11.4 Å². The van der Waals surface area contributed by atoms with Gasteiger partial charge in [-0.15, -0.1) is 0 Å². The van der Waals surface area contributed by atoms with Crippen LogP contribution in [0.5, 0.6) is 17.2 Å². The quantitative estimate of drug-likeness (QED) is 0.590. The van der Waals surface area contributed by atoms with Gasteiger partial charge in [0.15, 0.2) is 11.9 Å². The SMILES string of the molecule is O=C(CN1CC(C(=O)N2CCOCC2)Oc2ccccc21)Nc1ccccc1Oc1ccccc1. The Labute approximate surface area is 204 Å². The van der Waals surface area contributed by atoms with Gasteiger partial charge in [0.1, 0.15) is 11.5 Å². The van der Waals surface area contributed by atoms with Gasteiger partial charge in [-0.2, -0.15) is 0 Å². The number of anilines is 2. The van der Waals surface area contributed by atoms with E-state index in [4.69, 9.17) is 14.2 Å². The Bertz CT molecular complexity index is 1180. The number of para-hydroxylation sites is 5. The number of hydrogen-bond acceptors (Lipinski definition) is 6. The molecule has 0 spiro atoms. The van der Waals surface area contributed by atoms with Gasteiger partial charge in [-0.1, -0.05) is 42.5 Å². The summed E-state index contributed by atoms with van der Waals surface area (Å²) in [6, 6.07) is 24.2. The topological polar surface area (TPSA) is 80.3 Å². The molecule has 1 saturated heterocycles. The molecule has 2 aliphatic rings. The van der Waals surface area contributed by atoms with E-state index >= 15 is 0 Å². The summed E-state index contributed by atoms with van der Waals surface area (Å²) < 4.78 is 17.4. The lowest BCUT2D eigenvalue weighted by Crippen LogP contribution is -2.53. The molecule has 8 heteroatoms. The predicted octanol–water partition coefficient (Wildman–Crippen LogP) is 3.54. The molecule has 2 heterocycles. The second-order valence-corrected chi connectivity index (χ2v) is 8.35. The number of morpholine rings is 1. The maximum Gasteiger partial charge on any atom is 0.265 e. The van der Waals surface area contributed by atoms with Crippen molar-refractivity contribution in [2.75, 3.05) is 49.6 Å². The Morgan fingerprint density at radius 2 is 1.63 bits per heavy atom. The summed E-state index contributed by atoms with van der Waals surface area (Å²) in [6.07, 6.45) is -0.690. The van der Waals surface area contributed by atoms with E-state index in [2.05, 4.69) is 5.32 Å². The van der Waals surface area contributed by atoms with Crippen LogP contribution in [0.25, 0.3) is 0 Å². The smallest absolute Gasteiger partial charge is 0.265 e. The number of nitrogens with zero attached hydrogens (tertiary/aromatic N) is 2. The summed E-state index contributed by atoms with van der Waals surface area (Å²) in [5.74, 6) is 1.51. The Morgan fingerprint density at radius 3 is 2.46 bits per heavy atom. The first-order valence-electron chi connectivity index (χ1n) is 11.7. The zero-order valence-corrected chi connectivity index (χ0v) is 19.3. The number of nitrogens with one attached hydrogen (secondary N) is 1. The summed E-state index contributed by atoms with van der Waals surface area (Å²) in [5, 5.41) is 2.96. The van der Waals surface area contributed by atoms with Crippen molar-refractivity contribution >= 4 is 23.2 Å². The molecule has 2 amide bonds. The monoisotopic (exact) mass is 473 g/mol. The van der Waals surface area contributed by atoms with Crippen LogP contribution in [0, 0.1) is 0 Å². The van der Waals surface area contributed by atoms with Crippen molar-refractivity contribution in [3.05, 3.63) is 78.9 Å². The molecular weight excluding hydrogens is 446 g/mol. The highest BCUT2D eigenvalue weighted by atomic mass is 16.5. The van der Waals surface area contributed by atoms with Crippen LogP contribution < -0.4 is 19.7 Å². The largest absolute Gasteiger partial charge is 0.477 e. The van der Waals surface area contributed by atoms with Gasteiger partial charge < -0.3 is 29.3 Å². The van der Waals surface area contributed by atoms with Gasteiger partial charge >= 0.3 is 0 Å². The van der Waals surface area contributed by atoms with Crippen LogP contribution in [-0.4, -0.2) is 62.2 Å². The van der Waals surface area contributed by atoms with Gasteiger partial charge in [-0.25, -0.2) is 0 Å². The first kappa shape index (κ1) is 22.7. The van der Waals surface area contributed by atoms with E-state index in [1.165, 1.54) is 0 Å². The zero-order chi connectivity index (χ0) is 24.0. The Morgan fingerprint density at radius 1 is 0.914 bits per heavy atom. The van der Waals surface area contributed by atoms with Crippen molar-refractivity contribution in [1.29, 1.82) is 0 Å². The molecule has 1 atom stereocenters. The molecular formula is C27H27N3O5. The molecule has 2 aliphatic heterocycles. The van der Waals surface area contributed by atoms with E-state index in [9.17, 15) is 9.59 Å². The summed E-state index contributed by atoms with van der Waals surface area (Å²) >= 11 is 0. The van der Waals surface area contributed by atoms with Crippen molar-refractivity contribution in [2.24, 2.45) is 0 Å². The second kappa shape index (κ2) is 10.5. The van der Waals surface area contributed by atoms with E-state index in [1.54, 1.807) is 11.0 Å².